The quantitative estimate of drug-likeness (QED) is 0.760. The highest BCUT2D eigenvalue weighted by molar-refractivity contribution is 5.76. The summed E-state index contributed by atoms with van der Waals surface area (Å²) >= 11 is 0. The predicted octanol–water partition coefficient (Wildman–Crippen LogP) is 4.63. The molecule has 144 valence electrons. The normalized spacial score (nSPS) is 17.7. The van der Waals surface area contributed by atoms with Gasteiger partial charge in [0.1, 0.15) is 6.10 Å². The second-order valence-corrected chi connectivity index (χ2v) is 6.66. The molecule has 1 fully saturated rings. The van der Waals surface area contributed by atoms with Crippen LogP contribution in [0, 0.1) is 0 Å². The van der Waals surface area contributed by atoms with E-state index in [-0.39, 0.29) is 12.0 Å². The molecule has 6 heteroatoms. The Bertz CT molecular complexity index is 744. The summed E-state index contributed by atoms with van der Waals surface area (Å²) in [7, 11) is 0. The van der Waals surface area contributed by atoms with E-state index in [4.69, 9.17) is 4.74 Å². The van der Waals surface area contributed by atoms with Crippen LogP contribution in [-0.4, -0.2) is 30.5 Å². The van der Waals surface area contributed by atoms with Crippen LogP contribution < -0.4 is 0 Å². The third kappa shape index (κ3) is 5.32. The summed E-state index contributed by atoms with van der Waals surface area (Å²) in [6, 6.07) is 15.0. The minimum Gasteiger partial charge on any atom is -0.370 e. The maximum Gasteiger partial charge on any atom is 0.416 e. The molecule has 3 nitrogen and oxygen atoms in total. The maximum absolute atomic E-state index is 12.7. The lowest BCUT2D eigenvalue weighted by molar-refractivity contribution is -0.139. The summed E-state index contributed by atoms with van der Waals surface area (Å²) in [5.74, 6) is 0.0612. The zero-order chi connectivity index (χ0) is 19.3. The van der Waals surface area contributed by atoms with Crippen molar-refractivity contribution in [2.75, 3.05) is 19.7 Å². The van der Waals surface area contributed by atoms with Crippen LogP contribution >= 0.6 is 0 Å². The summed E-state index contributed by atoms with van der Waals surface area (Å²) in [6.45, 7) is 1.27. The topological polar surface area (TPSA) is 29.5 Å². The molecule has 27 heavy (non-hydrogen) atoms. The number of carbonyl (C=O) groups is 1. The molecular weight excluding hydrogens is 355 g/mol. The van der Waals surface area contributed by atoms with E-state index in [0.717, 1.165) is 25.0 Å². The summed E-state index contributed by atoms with van der Waals surface area (Å²) in [5.41, 5.74) is 1.18. The molecule has 0 aliphatic carbocycles. The van der Waals surface area contributed by atoms with E-state index >= 15 is 0 Å². The molecule has 0 spiro atoms. The average Bonchev–Trinajstić information content (AvgIpc) is 2.68. The van der Waals surface area contributed by atoms with E-state index in [0.29, 0.717) is 31.7 Å². The number of ether oxygens (including phenoxy) is 1. The van der Waals surface area contributed by atoms with Gasteiger partial charge in [0.25, 0.3) is 0 Å². The van der Waals surface area contributed by atoms with Gasteiger partial charge in [0.05, 0.1) is 18.7 Å². The predicted molar refractivity (Wildman–Crippen MR) is 96.1 cm³/mol. The molecule has 3 rings (SSSR count). The standard InChI is InChI=1S/C21H22F3NO2/c22-21(23,24)18-11-9-17(10-12-18)19-15-25(13-14-27-19)20(26)8-4-7-16-5-2-1-3-6-16/h1-3,5-6,9-12,19H,4,7-8,13-15H2/t19-/m1/s1. The van der Waals surface area contributed by atoms with Crippen molar-refractivity contribution < 1.29 is 22.7 Å². The van der Waals surface area contributed by atoms with Crippen LogP contribution in [-0.2, 0) is 22.1 Å². The van der Waals surface area contributed by atoms with Gasteiger partial charge in [-0.1, -0.05) is 42.5 Å². The van der Waals surface area contributed by atoms with E-state index in [9.17, 15) is 18.0 Å². The van der Waals surface area contributed by atoms with Crippen LogP contribution in [0.3, 0.4) is 0 Å². The van der Waals surface area contributed by atoms with Crippen molar-refractivity contribution in [3.63, 3.8) is 0 Å². The van der Waals surface area contributed by atoms with Crippen LogP contribution in [0.1, 0.15) is 35.6 Å². The summed E-state index contributed by atoms with van der Waals surface area (Å²) < 4.78 is 43.7. The number of benzene rings is 2. The molecule has 1 saturated heterocycles. The van der Waals surface area contributed by atoms with Gasteiger partial charge in [-0.05, 0) is 36.1 Å². The second-order valence-electron chi connectivity index (χ2n) is 6.66. The highest BCUT2D eigenvalue weighted by Gasteiger charge is 2.31. The third-order valence-corrected chi connectivity index (χ3v) is 4.73. The van der Waals surface area contributed by atoms with Crippen molar-refractivity contribution in [1.82, 2.24) is 4.90 Å². The van der Waals surface area contributed by atoms with Crippen LogP contribution in [0.15, 0.2) is 54.6 Å². The Morgan fingerprint density at radius 3 is 2.44 bits per heavy atom. The molecule has 2 aromatic carbocycles. The van der Waals surface area contributed by atoms with Gasteiger partial charge in [-0.3, -0.25) is 4.79 Å². The summed E-state index contributed by atoms with van der Waals surface area (Å²) in [5, 5.41) is 0. The van der Waals surface area contributed by atoms with Gasteiger partial charge in [0, 0.05) is 13.0 Å². The third-order valence-electron chi connectivity index (χ3n) is 4.73. The van der Waals surface area contributed by atoms with Gasteiger partial charge in [-0.2, -0.15) is 13.2 Å². The fraction of sp³-hybridized carbons (Fsp3) is 0.381. The lowest BCUT2D eigenvalue weighted by Crippen LogP contribution is -2.42. The molecule has 1 amide bonds. The number of carbonyl (C=O) groups excluding carboxylic acids is 1. The number of amides is 1. The van der Waals surface area contributed by atoms with Crippen molar-refractivity contribution in [2.24, 2.45) is 0 Å². The Labute approximate surface area is 156 Å². The molecule has 0 unspecified atom stereocenters. The number of nitrogens with zero attached hydrogens (tertiary/aromatic N) is 1. The van der Waals surface area contributed by atoms with E-state index in [1.165, 1.54) is 17.7 Å². The van der Waals surface area contributed by atoms with Gasteiger partial charge in [-0.25, -0.2) is 0 Å². The largest absolute Gasteiger partial charge is 0.416 e. The number of aryl methyl sites for hydroxylation is 1. The highest BCUT2D eigenvalue weighted by Crippen LogP contribution is 2.31. The number of halogens is 3. The van der Waals surface area contributed by atoms with Gasteiger partial charge in [0.2, 0.25) is 5.91 Å². The number of morpholine rings is 1. The Kier molecular flexibility index (Phi) is 6.16. The Hall–Kier alpha value is -2.34. The molecule has 0 radical (unpaired) electrons. The van der Waals surface area contributed by atoms with Gasteiger partial charge in [-0.15, -0.1) is 0 Å². The molecule has 1 aliphatic rings. The lowest BCUT2D eigenvalue weighted by atomic mass is 10.0. The smallest absolute Gasteiger partial charge is 0.370 e. The van der Waals surface area contributed by atoms with Gasteiger partial charge < -0.3 is 9.64 Å². The first-order chi connectivity index (χ1) is 12.9. The molecule has 1 atom stereocenters. The van der Waals surface area contributed by atoms with E-state index in [1.807, 2.05) is 30.3 Å². The lowest BCUT2D eigenvalue weighted by Gasteiger charge is -2.33. The SMILES string of the molecule is O=C(CCCc1ccccc1)N1CCO[C@@H](c2ccc(C(F)(F)F)cc2)C1. The molecule has 0 saturated carbocycles. The minimum atomic E-state index is -4.35. The molecular formula is C21H22F3NO2. The van der Waals surface area contributed by atoms with Gasteiger partial charge in [0.15, 0.2) is 0 Å². The highest BCUT2D eigenvalue weighted by atomic mass is 19.4. The molecule has 2 aromatic rings. The van der Waals surface area contributed by atoms with Crippen LogP contribution in [0.2, 0.25) is 0 Å². The van der Waals surface area contributed by atoms with Crippen molar-refractivity contribution in [2.45, 2.75) is 31.5 Å². The number of hydrogen-bond donors (Lipinski definition) is 0. The van der Waals surface area contributed by atoms with Crippen molar-refractivity contribution in [3.05, 3.63) is 71.3 Å². The first kappa shape index (κ1) is 19.4. The monoisotopic (exact) mass is 377 g/mol. The zero-order valence-corrected chi connectivity index (χ0v) is 14.9. The summed E-state index contributed by atoms with van der Waals surface area (Å²) in [4.78, 5) is 14.2. The van der Waals surface area contributed by atoms with Crippen LogP contribution in [0.25, 0.3) is 0 Å². The minimum absolute atomic E-state index is 0.0612. The molecule has 0 N–H and O–H groups in total. The average molecular weight is 377 g/mol. The zero-order valence-electron chi connectivity index (χ0n) is 14.9. The fourth-order valence-corrected chi connectivity index (χ4v) is 3.21. The van der Waals surface area contributed by atoms with Crippen molar-refractivity contribution in [1.29, 1.82) is 0 Å². The van der Waals surface area contributed by atoms with Crippen LogP contribution in [0.5, 0.6) is 0 Å². The van der Waals surface area contributed by atoms with E-state index in [1.54, 1.807) is 4.90 Å². The first-order valence-corrected chi connectivity index (χ1v) is 9.04. The number of alkyl halides is 3. The molecule has 0 aromatic heterocycles. The Morgan fingerprint density at radius 2 is 1.78 bits per heavy atom. The summed E-state index contributed by atoms with van der Waals surface area (Å²) in [6.07, 6.45) is -2.68. The van der Waals surface area contributed by atoms with E-state index in [2.05, 4.69) is 0 Å². The molecule has 1 aliphatic heterocycles. The fourth-order valence-electron chi connectivity index (χ4n) is 3.21. The van der Waals surface area contributed by atoms with Gasteiger partial charge >= 0.3 is 6.18 Å². The maximum atomic E-state index is 12.7. The van der Waals surface area contributed by atoms with Crippen molar-refractivity contribution in [3.8, 4) is 0 Å². The van der Waals surface area contributed by atoms with Crippen molar-refractivity contribution >= 4 is 5.91 Å². The van der Waals surface area contributed by atoms with Crippen LogP contribution in [0.4, 0.5) is 13.2 Å². The van der Waals surface area contributed by atoms with E-state index < -0.39 is 11.7 Å². The Morgan fingerprint density at radius 1 is 1.07 bits per heavy atom. The Balaban J connectivity index is 1.53. The molecule has 0 bridgehead atoms. The second kappa shape index (κ2) is 8.57. The number of rotatable bonds is 5. The first-order valence-electron chi connectivity index (χ1n) is 9.04. The molecule has 1 heterocycles. The number of hydrogen-bond acceptors (Lipinski definition) is 2.